The summed E-state index contributed by atoms with van der Waals surface area (Å²) in [7, 11) is 0. The summed E-state index contributed by atoms with van der Waals surface area (Å²) in [6, 6.07) is 10.0. The van der Waals surface area contributed by atoms with Gasteiger partial charge in [0.05, 0.1) is 13.1 Å². The molecule has 0 unspecified atom stereocenters. The zero-order chi connectivity index (χ0) is 17.1. The second kappa shape index (κ2) is 7.13. The number of amides is 4. The number of imide groups is 2. The Morgan fingerprint density at radius 2 is 1.62 bits per heavy atom. The van der Waals surface area contributed by atoms with E-state index in [0.29, 0.717) is 12.6 Å². The molecule has 4 amide bonds. The number of likely N-dealkylation sites (N-methyl/N-ethyl adjacent to an activating group) is 1. The molecule has 2 heterocycles. The van der Waals surface area contributed by atoms with Gasteiger partial charge >= 0.3 is 17.8 Å². The number of piperidine rings is 1. The van der Waals surface area contributed by atoms with Crippen molar-refractivity contribution in [2.75, 3.05) is 26.3 Å². The molecule has 0 aliphatic carbocycles. The summed E-state index contributed by atoms with van der Waals surface area (Å²) in [6.07, 6.45) is 3.23. The molecule has 0 bridgehead atoms. The Bertz CT molecular complexity index is 624. The monoisotopic (exact) mass is 330 g/mol. The van der Waals surface area contributed by atoms with Crippen molar-refractivity contribution in [3.63, 3.8) is 0 Å². The van der Waals surface area contributed by atoms with Crippen LogP contribution in [0.25, 0.3) is 0 Å². The molecule has 0 spiro atoms. The smallest absolute Gasteiger partial charge is 0.317 e. The van der Waals surface area contributed by atoms with Crippen molar-refractivity contribution in [1.29, 1.82) is 0 Å². The Labute approximate surface area is 142 Å². The predicted molar refractivity (Wildman–Crippen MR) is 88.1 cm³/mol. The van der Waals surface area contributed by atoms with Crippen molar-refractivity contribution in [3.8, 4) is 0 Å². The van der Waals surface area contributed by atoms with Gasteiger partial charge in [-0.2, -0.15) is 0 Å². The lowest BCUT2D eigenvalue weighted by Gasteiger charge is -2.31. The van der Waals surface area contributed by atoms with E-state index in [1.165, 1.54) is 10.5 Å². The molecule has 6 nitrogen and oxygen atoms in total. The van der Waals surface area contributed by atoms with Crippen LogP contribution in [-0.2, 0) is 16.0 Å². The molecule has 24 heavy (non-hydrogen) atoms. The van der Waals surface area contributed by atoms with Gasteiger partial charge in [0.15, 0.2) is 6.67 Å². The number of carbonyl (C=O) groups is 3. The van der Waals surface area contributed by atoms with Crippen LogP contribution in [-0.4, -0.2) is 53.9 Å². The molecule has 2 fully saturated rings. The molecule has 128 valence electrons. The summed E-state index contributed by atoms with van der Waals surface area (Å²) in [5.74, 6) is -0.725. The lowest BCUT2D eigenvalue weighted by Crippen LogP contribution is -3.14. The van der Waals surface area contributed by atoms with E-state index in [9.17, 15) is 14.4 Å². The lowest BCUT2D eigenvalue weighted by atomic mass is 9.90. The summed E-state index contributed by atoms with van der Waals surface area (Å²) < 4.78 is 0. The number of hydrogen-bond donors (Lipinski definition) is 1. The van der Waals surface area contributed by atoms with Gasteiger partial charge < -0.3 is 4.90 Å². The molecule has 0 saturated carbocycles. The van der Waals surface area contributed by atoms with E-state index in [4.69, 9.17) is 0 Å². The van der Waals surface area contributed by atoms with Crippen molar-refractivity contribution in [2.24, 2.45) is 5.92 Å². The van der Waals surface area contributed by atoms with E-state index in [0.717, 1.165) is 42.2 Å². The van der Waals surface area contributed by atoms with Crippen molar-refractivity contribution in [1.82, 2.24) is 9.80 Å². The van der Waals surface area contributed by atoms with Crippen LogP contribution >= 0.6 is 0 Å². The van der Waals surface area contributed by atoms with Gasteiger partial charge in [-0.05, 0) is 37.7 Å². The summed E-state index contributed by atoms with van der Waals surface area (Å²) in [5, 5.41) is 0. The van der Waals surface area contributed by atoms with Gasteiger partial charge in [0, 0.05) is 6.54 Å². The van der Waals surface area contributed by atoms with E-state index in [1.54, 1.807) is 6.92 Å². The number of hydrogen-bond acceptors (Lipinski definition) is 3. The Morgan fingerprint density at radius 3 is 2.21 bits per heavy atom. The van der Waals surface area contributed by atoms with Gasteiger partial charge in [-0.25, -0.2) is 9.69 Å². The maximum Gasteiger partial charge on any atom is 0.338 e. The SMILES string of the molecule is CCN1C(=O)C(=O)N(C[NH+]2CCC(Cc3ccccc3)CC2)C1=O. The lowest BCUT2D eigenvalue weighted by molar-refractivity contribution is -0.913. The van der Waals surface area contributed by atoms with Crippen molar-refractivity contribution in [2.45, 2.75) is 26.2 Å². The number of nitrogens with zero attached hydrogens (tertiary/aromatic N) is 2. The fraction of sp³-hybridized carbons (Fsp3) is 0.500. The van der Waals surface area contributed by atoms with Crippen molar-refractivity contribution >= 4 is 17.8 Å². The Balaban J connectivity index is 1.51. The molecule has 3 rings (SSSR count). The van der Waals surface area contributed by atoms with E-state index in [-0.39, 0.29) is 6.54 Å². The maximum atomic E-state index is 12.1. The number of urea groups is 1. The van der Waals surface area contributed by atoms with Crippen LogP contribution in [0.5, 0.6) is 0 Å². The molecular weight excluding hydrogens is 306 g/mol. The highest BCUT2D eigenvalue weighted by atomic mass is 16.2. The zero-order valence-electron chi connectivity index (χ0n) is 14.0. The second-order valence-corrected chi connectivity index (χ2v) is 6.61. The highest BCUT2D eigenvalue weighted by Crippen LogP contribution is 2.17. The molecular formula is C18H24N3O3+. The average molecular weight is 330 g/mol. The van der Waals surface area contributed by atoms with Gasteiger partial charge in [-0.3, -0.25) is 14.5 Å². The van der Waals surface area contributed by atoms with E-state index >= 15 is 0 Å². The molecule has 0 aromatic heterocycles. The fourth-order valence-electron chi connectivity index (χ4n) is 3.59. The van der Waals surface area contributed by atoms with Crippen LogP contribution in [0, 0.1) is 5.92 Å². The predicted octanol–water partition coefficient (Wildman–Crippen LogP) is 0.292. The van der Waals surface area contributed by atoms with Gasteiger partial charge in [-0.1, -0.05) is 30.3 Å². The van der Waals surface area contributed by atoms with Gasteiger partial charge in [0.25, 0.3) is 0 Å². The van der Waals surface area contributed by atoms with Gasteiger partial charge in [0.2, 0.25) is 0 Å². The summed E-state index contributed by atoms with van der Waals surface area (Å²) >= 11 is 0. The van der Waals surface area contributed by atoms with E-state index < -0.39 is 17.8 Å². The number of nitrogens with one attached hydrogen (secondary N) is 1. The molecule has 1 aromatic carbocycles. The zero-order valence-corrected chi connectivity index (χ0v) is 14.0. The average Bonchev–Trinajstić information content (AvgIpc) is 2.80. The molecule has 1 aromatic rings. The first-order chi connectivity index (χ1) is 11.6. The third kappa shape index (κ3) is 3.33. The highest BCUT2D eigenvalue weighted by Gasteiger charge is 2.45. The van der Waals surface area contributed by atoms with Gasteiger partial charge in [0.1, 0.15) is 0 Å². The minimum absolute atomic E-state index is 0.244. The highest BCUT2D eigenvalue weighted by molar-refractivity contribution is 6.44. The van der Waals surface area contributed by atoms with Crippen LogP contribution in [0.3, 0.4) is 0 Å². The summed E-state index contributed by atoms with van der Waals surface area (Å²) in [6.45, 7) is 4.10. The van der Waals surface area contributed by atoms with Crippen molar-refractivity contribution < 1.29 is 19.3 Å². The Morgan fingerprint density at radius 1 is 1.00 bits per heavy atom. The number of benzene rings is 1. The first-order valence-electron chi connectivity index (χ1n) is 8.65. The topological polar surface area (TPSA) is 62.1 Å². The number of quaternary nitrogens is 1. The Kier molecular flexibility index (Phi) is 4.94. The molecule has 2 saturated heterocycles. The van der Waals surface area contributed by atoms with Crippen molar-refractivity contribution in [3.05, 3.63) is 35.9 Å². The number of likely N-dealkylation sites (tertiary alicyclic amines) is 1. The fourth-order valence-corrected chi connectivity index (χ4v) is 3.59. The standard InChI is InChI=1S/C18H23N3O3/c1-2-20-16(22)17(23)21(18(20)24)13-19-10-8-15(9-11-19)12-14-6-4-3-5-7-14/h3-7,15H,2,8-13H2,1H3/p+1. The van der Waals surface area contributed by atoms with Crippen LogP contribution in [0.1, 0.15) is 25.3 Å². The second-order valence-electron chi connectivity index (χ2n) is 6.61. The van der Waals surface area contributed by atoms with Crippen LogP contribution < -0.4 is 4.90 Å². The number of rotatable bonds is 5. The molecule has 0 radical (unpaired) electrons. The first-order valence-corrected chi connectivity index (χ1v) is 8.65. The summed E-state index contributed by atoms with van der Waals surface area (Å²) in [4.78, 5) is 39.2. The molecule has 2 aliphatic heterocycles. The van der Waals surface area contributed by atoms with Crippen LogP contribution in [0.2, 0.25) is 0 Å². The third-order valence-electron chi connectivity index (χ3n) is 5.01. The van der Waals surface area contributed by atoms with Crippen LogP contribution in [0.4, 0.5) is 4.79 Å². The minimum atomic E-state index is -0.694. The molecule has 1 N–H and O–H groups in total. The van der Waals surface area contributed by atoms with Crippen LogP contribution in [0.15, 0.2) is 30.3 Å². The molecule has 6 heteroatoms. The van der Waals surface area contributed by atoms with E-state index in [1.807, 2.05) is 6.07 Å². The summed E-state index contributed by atoms with van der Waals surface area (Å²) in [5.41, 5.74) is 1.36. The largest absolute Gasteiger partial charge is 0.338 e. The van der Waals surface area contributed by atoms with Gasteiger partial charge in [-0.15, -0.1) is 0 Å². The number of carbonyl (C=O) groups excluding carboxylic acids is 3. The first kappa shape index (κ1) is 16.6. The maximum absolute atomic E-state index is 12.1. The Hall–Kier alpha value is -2.21. The normalized spacial score (nSPS) is 24.8. The molecule has 2 aliphatic rings. The molecule has 0 atom stereocenters. The third-order valence-corrected chi connectivity index (χ3v) is 5.01. The minimum Gasteiger partial charge on any atom is -0.317 e. The quantitative estimate of drug-likeness (QED) is 0.624. The van der Waals surface area contributed by atoms with E-state index in [2.05, 4.69) is 24.3 Å².